The smallest absolute Gasteiger partial charge is 0.315 e. The molecular weight excluding hydrogens is 252 g/mol. The number of rotatable bonds is 7. The number of hydrogen-bond acceptors (Lipinski definition) is 2. The zero-order chi connectivity index (χ0) is 15.0. The van der Waals surface area contributed by atoms with Crippen molar-refractivity contribution in [3.63, 3.8) is 0 Å². The van der Waals surface area contributed by atoms with Crippen LogP contribution in [0, 0.1) is 5.92 Å². The lowest BCUT2D eigenvalue weighted by Crippen LogP contribution is -2.42. The maximum Gasteiger partial charge on any atom is 0.315 e. The summed E-state index contributed by atoms with van der Waals surface area (Å²) in [6.07, 6.45) is 1.35. The second-order valence-corrected chi connectivity index (χ2v) is 5.13. The minimum atomic E-state index is -0.484. The summed E-state index contributed by atoms with van der Waals surface area (Å²) < 4.78 is 0. The van der Waals surface area contributed by atoms with Crippen LogP contribution in [0.25, 0.3) is 0 Å². The van der Waals surface area contributed by atoms with E-state index in [0.29, 0.717) is 6.54 Å². The Hall–Kier alpha value is -1.55. The van der Waals surface area contributed by atoms with E-state index < -0.39 is 6.10 Å². The van der Waals surface area contributed by atoms with Gasteiger partial charge in [-0.3, -0.25) is 0 Å². The standard InChI is InChI=1S/C16H26N2O2/c1-4-13(5-2)15(19)11-17-16(20)18-12(3)14-9-7-6-8-10-14/h6-10,12-13,15,19H,4-5,11H2,1-3H3,(H2,17,18,20). The molecule has 2 atom stereocenters. The molecular formula is C16H26N2O2. The molecule has 4 nitrogen and oxygen atoms in total. The third-order valence-electron chi connectivity index (χ3n) is 3.71. The van der Waals surface area contributed by atoms with Gasteiger partial charge in [0.2, 0.25) is 0 Å². The Kier molecular flexibility index (Phi) is 7.09. The molecule has 4 heteroatoms. The van der Waals surface area contributed by atoms with Crippen LogP contribution in [0.4, 0.5) is 4.79 Å². The van der Waals surface area contributed by atoms with E-state index in [4.69, 9.17) is 0 Å². The van der Waals surface area contributed by atoms with E-state index in [1.54, 1.807) is 0 Å². The quantitative estimate of drug-likeness (QED) is 0.718. The van der Waals surface area contributed by atoms with Gasteiger partial charge in [-0.2, -0.15) is 0 Å². The first-order valence-electron chi connectivity index (χ1n) is 7.35. The number of hydrogen-bond donors (Lipinski definition) is 3. The molecule has 112 valence electrons. The van der Waals surface area contributed by atoms with Crippen molar-refractivity contribution in [2.75, 3.05) is 6.54 Å². The predicted molar refractivity (Wildman–Crippen MR) is 81.5 cm³/mol. The third-order valence-corrected chi connectivity index (χ3v) is 3.71. The van der Waals surface area contributed by atoms with Crippen LogP contribution in [-0.4, -0.2) is 23.8 Å². The van der Waals surface area contributed by atoms with E-state index in [0.717, 1.165) is 18.4 Å². The summed E-state index contributed by atoms with van der Waals surface area (Å²) in [5, 5.41) is 15.6. The van der Waals surface area contributed by atoms with E-state index in [1.807, 2.05) is 37.3 Å². The number of carbonyl (C=O) groups is 1. The van der Waals surface area contributed by atoms with Gasteiger partial charge in [-0.1, -0.05) is 57.0 Å². The van der Waals surface area contributed by atoms with Gasteiger partial charge >= 0.3 is 6.03 Å². The van der Waals surface area contributed by atoms with Gasteiger partial charge in [-0.15, -0.1) is 0 Å². The average Bonchev–Trinajstić information content (AvgIpc) is 2.47. The summed E-state index contributed by atoms with van der Waals surface area (Å²) in [6, 6.07) is 9.49. The molecule has 0 saturated carbocycles. The third kappa shape index (κ3) is 5.21. The van der Waals surface area contributed by atoms with Crippen molar-refractivity contribution in [3.05, 3.63) is 35.9 Å². The molecule has 0 heterocycles. The fourth-order valence-electron chi connectivity index (χ4n) is 2.27. The molecule has 0 spiro atoms. The largest absolute Gasteiger partial charge is 0.391 e. The Balaban J connectivity index is 2.37. The van der Waals surface area contributed by atoms with Crippen molar-refractivity contribution in [3.8, 4) is 0 Å². The second kappa shape index (κ2) is 8.59. The lowest BCUT2D eigenvalue weighted by Gasteiger charge is -2.21. The molecule has 0 fully saturated rings. The maximum atomic E-state index is 11.8. The van der Waals surface area contributed by atoms with Gasteiger partial charge in [-0.05, 0) is 18.4 Å². The highest BCUT2D eigenvalue weighted by Gasteiger charge is 2.16. The molecule has 0 aliphatic rings. The molecule has 1 rings (SSSR count). The molecule has 0 saturated heterocycles. The van der Waals surface area contributed by atoms with Gasteiger partial charge in [-0.25, -0.2) is 4.79 Å². The first-order chi connectivity index (χ1) is 9.58. The maximum absolute atomic E-state index is 11.8. The lowest BCUT2D eigenvalue weighted by molar-refractivity contribution is 0.103. The van der Waals surface area contributed by atoms with Crippen molar-refractivity contribution in [2.24, 2.45) is 5.92 Å². The van der Waals surface area contributed by atoms with Crippen LogP contribution in [0.3, 0.4) is 0 Å². The minimum absolute atomic E-state index is 0.0542. The van der Waals surface area contributed by atoms with E-state index in [2.05, 4.69) is 24.5 Å². The summed E-state index contributed by atoms with van der Waals surface area (Å²) in [5.74, 6) is 0.238. The van der Waals surface area contributed by atoms with Crippen LogP contribution in [-0.2, 0) is 0 Å². The molecule has 0 aliphatic carbocycles. The van der Waals surface area contributed by atoms with Gasteiger partial charge < -0.3 is 15.7 Å². The zero-order valence-electron chi connectivity index (χ0n) is 12.6. The molecule has 2 unspecified atom stereocenters. The number of aliphatic hydroxyl groups excluding tert-OH is 1. The summed E-state index contributed by atoms with van der Waals surface area (Å²) in [6.45, 7) is 6.33. The second-order valence-electron chi connectivity index (χ2n) is 5.13. The molecule has 0 aromatic heterocycles. The van der Waals surface area contributed by atoms with Crippen molar-refractivity contribution < 1.29 is 9.90 Å². The van der Waals surface area contributed by atoms with E-state index in [1.165, 1.54) is 0 Å². The van der Waals surface area contributed by atoms with Gasteiger partial charge in [0.05, 0.1) is 12.1 Å². The summed E-state index contributed by atoms with van der Waals surface area (Å²) >= 11 is 0. The molecule has 0 radical (unpaired) electrons. The van der Waals surface area contributed by atoms with Gasteiger partial charge in [0.15, 0.2) is 0 Å². The molecule has 0 bridgehead atoms. The van der Waals surface area contributed by atoms with Gasteiger partial charge in [0.1, 0.15) is 0 Å². The average molecular weight is 278 g/mol. The highest BCUT2D eigenvalue weighted by atomic mass is 16.3. The summed E-state index contributed by atoms with van der Waals surface area (Å²) in [7, 11) is 0. The molecule has 1 aromatic carbocycles. The summed E-state index contributed by atoms with van der Waals surface area (Å²) in [5.41, 5.74) is 1.06. The van der Waals surface area contributed by atoms with Crippen LogP contribution < -0.4 is 10.6 Å². The summed E-state index contributed by atoms with van der Waals surface area (Å²) in [4.78, 5) is 11.8. The topological polar surface area (TPSA) is 61.4 Å². The Morgan fingerprint density at radius 1 is 1.20 bits per heavy atom. The zero-order valence-corrected chi connectivity index (χ0v) is 12.6. The lowest BCUT2D eigenvalue weighted by atomic mass is 9.97. The van der Waals surface area contributed by atoms with Crippen LogP contribution in [0.15, 0.2) is 30.3 Å². The van der Waals surface area contributed by atoms with E-state index in [9.17, 15) is 9.90 Å². The highest BCUT2D eigenvalue weighted by Crippen LogP contribution is 2.13. The first kappa shape index (κ1) is 16.5. The van der Waals surface area contributed by atoms with E-state index in [-0.39, 0.29) is 18.0 Å². The number of aliphatic hydroxyl groups is 1. The predicted octanol–water partition coefficient (Wildman–Crippen LogP) is 2.84. The first-order valence-corrected chi connectivity index (χ1v) is 7.35. The number of nitrogens with one attached hydrogen (secondary N) is 2. The molecule has 3 N–H and O–H groups in total. The number of carbonyl (C=O) groups excluding carboxylic acids is 1. The van der Waals surface area contributed by atoms with Gasteiger partial charge in [0, 0.05) is 6.54 Å². The number of amides is 2. The Morgan fingerprint density at radius 2 is 1.80 bits per heavy atom. The van der Waals surface area contributed by atoms with Gasteiger partial charge in [0.25, 0.3) is 0 Å². The van der Waals surface area contributed by atoms with Crippen molar-refractivity contribution >= 4 is 6.03 Å². The molecule has 20 heavy (non-hydrogen) atoms. The van der Waals surface area contributed by atoms with Crippen LogP contribution in [0.2, 0.25) is 0 Å². The molecule has 0 aliphatic heterocycles. The van der Waals surface area contributed by atoms with Crippen LogP contribution >= 0.6 is 0 Å². The van der Waals surface area contributed by atoms with Crippen LogP contribution in [0.1, 0.15) is 45.2 Å². The molecule has 1 aromatic rings. The van der Waals surface area contributed by atoms with Crippen molar-refractivity contribution in [1.29, 1.82) is 0 Å². The fourth-order valence-corrected chi connectivity index (χ4v) is 2.27. The fraction of sp³-hybridized carbons (Fsp3) is 0.562. The number of benzene rings is 1. The van der Waals surface area contributed by atoms with E-state index >= 15 is 0 Å². The highest BCUT2D eigenvalue weighted by molar-refractivity contribution is 5.74. The van der Waals surface area contributed by atoms with Crippen LogP contribution in [0.5, 0.6) is 0 Å². The Labute approximate surface area is 121 Å². The van der Waals surface area contributed by atoms with Crippen molar-refractivity contribution in [1.82, 2.24) is 10.6 Å². The Bertz CT molecular complexity index is 391. The Morgan fingerprint density at radius 3 is 2.35 bits per heavy atom. The van der Waals surface area contributed by atoms with Crippen molar-refractivity contribution in [2.45, 2.75) is 45.8 Å². The minimum Gasteiger partial charge on any atom is -0.391 e. The molecule has 2 amide bonds. The normalized spacial score (nSPS) is 13.8. The SMILES string of the molecule is CCC(CC)C(O)CNC(=O)NC(C)c1ccccc1. The monoisotopic (exact) mass is 278 g/mol. The number of urea groups is 1.